The van der Waals surface area contributed by atoms with Gasteiger partial charge >= 0.3 is 0 Å². The third kappa shape index (κ3) is 4.58. The van der Waals surface area contributed by atoms with Crippen LogP contribution in [-0.2, 0) is 16.0 Å². The molecule has 5 nitrogen and oxygen atoms in total. The van der Waals surface area contributed by atoms with Crippen LogP contribution in [0.2, 0.25) is 5.02 Å². The molecule has 6 heteroatoms. The topological polar surface area (TPSA) is 57.7 Å². The minimum absolute atomic E-state index is 0.0478. The smallest absolute Gasteiger partial charge is 0.257 e. The van der Waals surface area contributed by atoms with Gasteiger partial charge in [-0.1, -0.05) is 59.6 Å². The van der Waals surface area contributed by atoms with Crippen LogP contribution in [0.25, 0.3) is 0 Å². The van der Waals surface area contributed by atoms with Gasteiger partial charge in [-0.15, -0.1) is 0 Å². The number of nitrogens with zero attached hydrogens (tertiary/aromatic N) is 2. The monoisotopic (exact) mass is 446 g/mol. The summed E-state index contributed by atoms with van der Waals surface area (Å²) >= 11 is 5.95. The molecule has 3 amide bonds. The summed E-state index contributed by atoms with van der Waals surface area (Å²) in [5.74, 6) is -0.982. The highest BCUT2D eigenvalue weighted by atomic mass is 35.5. The van der Waals surface area contributed by atoms with E-state index in [1.54, 1.807) is 36.4 Å². The number of carbonyl (C=O) groups is 3. The lowest BCUT2D eigenvalue weighted by molar-refractivity contribution is -0.122. The van der Waals surface area contributed by atoms with Crippen molar-refractivity contribution < 1.29 is 14.4 Å². The Morgan fingerprint density at radius 2 is 1.72 bits per heavy atom. The first-order chi connectivity index (χ1) is 15.4. The van der Waals surface area contributed by atoms with Gasteiger partial charge < -0.3 is 4.90 Å². The molecule has 0 radical (unpaired) electrons. The van der Waals surface area contributed by atoms with Crippen molar-refractivity contribution in [2.45, 2.75) is 25.8 Å². The van der Waals surface area contributed by atoms with Gasteiger partial charge in [0.15, 0.2) is 0 Å². The molecule has 0 bridgehead atoms. The van der Waals surface area contributed by atoms with E-state index in [4.69, 9.17) is 11.6 Å². The summed E-state index contributed by atoms with van der Waals surface area (Å²) in [5.41, 5.74) is 2.97. The molecular weight excluding hydrogens is 424 g/mol. The Bertz CT molecular complexity index is 1150. The number of hydrogen-bond donors (Lipinski definition) is 0. The molecule has 1 saturated heterocycles. The third-order valence-electron chi connectivity index (χ3n) is 5.59. The number of aryl methyl sites for hydroxylation is 1. The van der Waals surface area contributed by atoms with Crippen molar-refractivity contribution in [1.82, 2.24) is 4.90 Å². The molecule has 0 saturated carbocycles. The van der Waals surface area contributed by atoms with Crippen molar-refractivity contribution in [3.63, 3.8) is 0 Å². The van der Waals surface area contributed by atoms with Gasteiger partial charge in [-0.05, 0) is 55.3 Å². The van der Waals surface area contributed by atoms with Gasteiger partial charge in [-0.2, -0.15) is 0 Å². The average Bonchev–Trinajstić information content (AvgIpc) is 3.09. The number of anilines is 1. The molecule has 3 aromatic rings. The van der Waals surface area contributed by atoms with E-state index in [0.717, 1.165) is 16.0 Å². The van der Waals surface area contributed by atoms with Gasteiger partial charge in [0.25, 0.3) is 11.8 Å². The predicted molar refractivity (Wildman–Crippen MR) is 125 cm³/mol. The number of rotatable bonds is 6. The number of imide groups is 1. The van der Waals surface area contributed by atoms with Crippen LogP contribution >= 0.6 is 11.6 Å². The maximum Gasteiger partial charge on any atom is 0.257 e. The van der Waals surface area contributed by atoms with E-state index in [9.17, 15) is 14.4 Å². The Morgan fingerprint density at radius 3 is 2.41 bits per heavy atom. The number of hydrogen-bond acceptors (Lipinski definition) is 3. The van der Waals surface area contributed by atoms with Crippen molar-refractivity contribution in [2.24, 2.45) is 0 Å². The molecule has 0 aliphatic carbocycles. The van der Waals surface area contributed by atoms with Crippen LogP contribution in [0.4, 0.5) is 5.69 Å². The standard InChI is InChI=1S/C26H23ClN2O3/c1-18-6-5-9-20(16-18)25(31)28(15-14-19-7-3-2-4-8-19)23-17-24(30)29(26(23)32)22-12-10-21(27)11-13-22/h2-13,16,23H,14-15,17H2,1H3. The summed E-state index contributed by atoms with van der Waals surface area (Å²) in [7, 11) is 0. The van der Waals surface area contributed by atoms with E-state index < -0.39 is 11.9 Å². The number of carbonyl (C=O) groups excluding carboxylic acids is 3. The zero-order valence-corrected chi connectivity index (χ0v) is 18.5. The average molecular weight is 447 g/mol. The summed E-state index contributed by atoms with van der Waals surface area (Å²) < 4.78 is 0. The first-order valence-electron chi connectivity index (χ1n) is 10.5. The molecular formula is C26H23ClN2O3. The molecule has 0 aromatic heterocycles. The largest absolute Gasteiger partial charge is 0.326 e. The highest BCUT2D eigenvalue weighted by molar-refractivity contribution is 6.31. The van der Waals surface area contributed by atoms with E-state index in [1.807, 2.05) is 49.4 Å². The molecule has 162 valence electrons. The molecule has 1 unspecified atom stereocenters. The van der Waals surface area contributed by atoms with Gasteiger partial charge in [-0.3, -0.25) is 14.4 Å². The maximum absolute atomic E-state index is 13.5. The molecule has 4 rings (SSSR count). The zero-order valence-electron chi connectivity index (χ0n) is 17.7. The molecule has 1 fully saturated rings. The van der Waals surface area contributed by atoms with Gasteiger partial charge in [0, 0.05) is 17.1 Å². The van der Waals surface area contributed by atoms with Gasteiger partial charge in [0.2, 0.25) is 5.91 Å². The quantitative estimate of drug-likeness (QED) is 0.517. The van der Waals surface area contributed by atoms with Gasteiger partial charge in [0.05, 0.1) is 12.1 Å². The molecule has 1 atom stereocenters. The number of amides is 3. The highest BCUT2D eigenvalue weighted by Crippen LogP contribution is 2.28. The van der Waals surface area contributed by atoms with Crippen molar-refractivity contribution in [3.05, 3.63) is 101 Å². The van der Waals surface area contributed by atoms with E-state index in [2.05, 4.69) is 0 Å². The van der Waals surface area contributed by atoms with Crippen molar-refractivity contribution in [2.75, 3.05) is 11.4 Å². The van der Waals surface area contributed by atoms with Crippen molar-refractivity contribution in [1.29, 1.82) is 0 Å². The second kappa shape index (κ2) is 9.37. The first-order valence-corrected chi connectivity index (χ1v) is 10.9. The van der Waals surface area contributed by atoms with Crippen LogP contribution < -0.4 is 4.90 Å². The summed E-state index contributed by atoms with van der Waals surface area (Å²) in [6, 6.07) is 22.7. The highest BCUT2D eigenvalue weighted by Gasteiger charge is 2.44. The second-order valence-corrected chi connectivity index (χ2v) is 8.30. The molecule has 0 spiro atoms. The summed E-state index contributed by atoms with van der Waals surface area (Å²) in [6.07, 6.45) is 0.533. The molecule has 0 N–H and O–H groups in total. The maximum atomic E-state index is 13.5. The Morgan fingerprint density at radius 1 is 1.00 bits per heavy atom. The molecule has 32 heavy (non-hydrogen) atoms. The van der Waals surface area contributed by atoms with Crippen molar-refractivity contribution >= 4 is 35.0 Å². The first kappa shape index (κ1) is 21.8. The normalized spacial score (nSPS) is 15.8. The predicted octanol–water partition coefficient (Wildman–Crippen LogP) is 4.67. The Balaban J connectivity index is 1.64. The molecule has 1 heterocycles. The van der Waals surface area contributed by atoms with Crippen molar-refractivity contribution in [3.8, 4) is 0 Å². The van der Waals surface area contributed by atoms with Crippen LogP contribution in [-0.4, -0.2) is 35.2 Å². The van der Waals surface area contributed by atoms with Crippen LogP contribution in [0.15, 0.2) is 78.9 Å². The summed E-state index contributed by atoms with van der Waals surface area (Å²) in [6.45, 7) is 2.24. The Labute approximate surface area is 192 Å². The van der Waals surface area contributed by atoms with E-state index in [1.165, 1.54) is 4.90 Å². The Kier molecular flexibility index (Phi) is 6.37. The minimum atomic E-state index is -0.852. The third-order valence-corrected chi connectivity index (χ3v) is 5.85. The van der Waals surface area contributed by atoms with E-state index in [-0.39, 0.29) is 18.2 Å². The van der Waals surface area contributed by atoms with Crippen LogP contribution in [0.1, 0.15) is 27.9 Å². The number of halogens is 1. The van der Waals surface area contributed by atoms with Crippen LogP contribution in [0.3, 0.4) is 0 Å². The lowest BCUT2D eigenvalue weighted by Crippen LogP contribution is -2.46. The molecule has 1 aliphatic heterocycles. The number of benzene rings is 3. The lowest BCUT2D eigenvalue weighted by Gasteiger charge is -2.28. The Hall–Kier alpha value is -3.44. The van der Waals surface area contributed by atoms with E-state index in [0.29, 0.717) is 29.2 Å². The summed E-state index contributed by atoms with van der Waals surface area (Å²) in [5, 5.41) is 0.517. The SMILES string of the molecule is Cc1cccc(C(=O)N(CCc2ccccc2)C2CC(=O)N(c3ccc(Cl)cc3)C2=O)c1. The minimum Gasteiger partial charge on any atom is -0.326 e. The fourth-order valence-electron chi connectivity index (χ4n) is 3.96. The van der Waals surface area contributed by atoms with Gasteiger partial charge in [0.1, 0.15) is 6.04 Å². The molecule has 1 aliphatic rings. The van der Waals surface area contributed by atoms with Crippen LogP contribution in [0, 0.1) is 6.92 Å². The van der Waals surface area contributed by atoms with Crippen LogP contribution in [0.5, 0.6) is 0 Å². The second-order valence-electron chi connectivity index (χ2n) is 7.87. The van der Waals surface area contributed by atoms with Gasteiger partial charge in [-0.25, -0.2) is 4.90 Å². The fraction of sp³-hybridized carbons (Fsp3) is 0.192. The molecule has 3 aromatic carbocycles. The fourth-order valence-corrected chi connectivity index (χ4v) is 4.08. The lowest BCUT2D eigenvalue weighted by atomic mass is 10.1. The van der Waals surface area contributed by atoms with E-state index >= 15 is 0 Å². The zero-order chi connectivity index (χ0) is 22.7. The summed E-state index contributed by atoms with van der Waals surface area (Å²) in [4.78, 5) is 42.3.